The fraction of sp³-hybridized carbons (Fsp3) is 0.333. The third-order valence-electron chi connectivity index (χ3n) is 4.82. The van der Waals surface area contributed by atoms with Gasteiger partial charge in [0.25, 0.3) is 5.91 Å². The summed E-state index contributed by atoms with van der Waals surface area (Å²) >= 11 is 0. The molecule has 2 aromatic rings. The minimum Gasteiger partial charge on any atom is -0.493 e. The van der Waals surface area contributed by atoms with Gasteiger partial charge in [0.05, 0.1) is 13.3 Å². The predicted octanol–water partition coefficient (Wildman–Crippen LogP) is 1.93. The number of hydrogen-bond donors (Lipinski definition) is 3. The van der Waals surface area contributed by atoms with Gasteiger partial charge in [0, 0.05) is 25.9 Å². The van der Waals surface area contributed by atoms with Crippen LogP contribution in [0.1, 0.15) is 23.1 Å². The Labute approximate surface area is 198 Å². The average Bonchev–Trinajstić information content (AvgIpc) is 2.83. The smallest absolute Gasteiger partial charge is 0.329 e. The SMILES string of the molecule is COCCCNC(=O)C(=O)N/N=C\c1ccc(OCC(=O)Nc2cccc(C)c2C)c(OC)c1. The monoisotopic (exact) mass is 470 g/mol. The number of benzene rings is 2. The maximum Gasteiger partial charge on any atom is 0.329 e. The molecule has 0 saturated heterocycles. The van der Waals surface area contributed by atoms with E-state index in [-0.39, 0.29) is 12.5 Å². The molecule has 3 N–H and O–H groups in total. The number of carbonyl (C=O) groups is 3. The molecule has 0 unspecified atom stereocenters. The van der Waals surface area contributed by atoms with Crippen molar-refractivity contribution >= 4 is 29.6 Å². The Morgan fingerprint density at radius 3 is 2.56 bits per heavy atom. The summed E-state index contributed by atoms with van der Waals surface area (Å²) in [5.74, 6) is -1.21. The number of hydrazone groups is 1. The zero-order valence-corrected chi connectivity index (χ0v) is 19.8. The molecule has 182 valence electrons. The van der Waals surface area contributed by atoms with Crippen molar-refractivity contribution in [3.05, 3.63) is 53.1 Å². The van der Waals surface area contributed by atoms with Gasteiger partial charge in [-0.05, 0) is 61.2 Å². The number of nitrogens with zero attached hydrogens (tertiary/aromatic N) is 1. The summed E-state index contributed by atoms with van der Waals surface area (Å²) in [6.45, 7) is 4.52. The molecule has 0 aromatic heterocycles. The van der Waals surface area contributed by atoms with Crippen molar-refractivity contribution in [3.63, 3.8) is 0 Å². The van der Waals surface area contributed by atoms with Gasteiger partial charge in [-0.2, -0.15) is 5.10 Å². The molecule has 2 aromatic carbocycles. The number of nitrogens with one attached hydrogen (secondary N) is 3. The van der Waals surface area contributed by atoms with Gasteiger partial charge >= 0.3 is 11.8 Å². The van der Waals surface area contributed by atoms with Crippen LogP contribution >= 0.6 is 0 Å². The number of hydrogen-bond acceptors (Lipinski definition) is 7. The fourth-order valence-corrected chi connectivity index (χ4v) is 2.81. The highest BCUT2D eigenvalue weighted by Gasteiger charge is 2.12. The van der Waals surface area contributed by atoms with Crippen molar-refractivity contribution in [3.8, 4) is 11.5 Å². The van der Waals surface area contributed by atoms with Crippen LogP contribution in [0.3, 0.4) is 0 Å². The van der Waals surface area contributed by atoms with Crippen LogP contribution in [0.5, 0.6) is 11.5 Å². The van der Waals surface area contributed by atoms with Gasteiger partial charge in [-0.1, -0.05) is 12.1 Å². The van der Waals surface area contributed by atoms with Crippen LogP contribution < -0.4 is 25.5 Å². The second-order valence-electron chi connectivity index (χ2n) is 7.30. The summed E-state index contributed by atoms with van der Waals surface area (Å²) in [5.41, 5.74) is 5.55. The summed E-state index contributed by atoms with van der Waals surface area (Å²) < 4.78 is 15.8. The first-order valence-corrected chi connectivity index (χ1v) is 10.6. The van der Waals surface area contributed by atoms with Crippen molar-refractivity contribution < 1.29 is 28.6 Å². The number of ether oxygens (including phenoxy) is 3. The zero-order chi connectivity index (χ0) is 24.9. The zero-order valence-electron chi connectivity index (χ0n) is 19.8. The Morgan fingerprint density at radius 2 is 1.82 bits per heavy atom. The average molecular weight is 471 g/mol. The molecule has 10 heteroatoms. The van der Waals surface area contributed by atoms with Gasteiger partial charge in [-0.25, -0.2) is 5.43 Å². The van der Waals surface area contributed by atoms with Gasteiger partial charge in [-0.3, -0.25) is 14.4 Å². The standard InChI is InChI=1S/C24H30N4O6/c1-16-7-5-8-19(17(16)2)27-22(29)15-34-20-10-9-18(13-21(20)33-4)14-26-28-24(31)23(30)25-11-6-12-32-3/h5,7-10,13-14H,6,11-12,15H2,1-4H3,(H,25,30)(H,27,29)(H,28,31)/b26-14-. The molecule has 0 aliphatic heterocycles. The summed E-state index contributed by atoms with van der Waals surface area (Å²) in [7, 11) is 3.02. The van der Waals surface area contributed by atoms with E-state index in [1.54, 1.807) is 25.3 Å². The van der Waals surface area contributed by atoms with E-state index in [4.69, 9.17) is 14.2 Å². The van der Waals surface area contributed by atoms with E-state index in [9.17, 15) is 14.4 Å². The molecule has 10 nitrogen and oxygen atoms in total. The fourth-order valence-electron chi connectivity index (χ4n) is 2.81. The third kappa shape index (κ3) is 8.21. The predicted molar refractivity (Wildman–Crippen MR) is 128 cm³/mol. The molecular formula is C24H30N4O6. The van der Waals surface area contributed by atoms with Crippen LogP contribution in [0, 0.1) is 13.8 Å². The number of rotatable bonds is 11. The summed E-state index contributed by atoms with van der Waals surface area (Å²) in [6.07, 6.45) is 1.95. The second-order valence-corrected chi connectivity index (χ2v) is 7.30. The Bertz CT molecular complexity index is 1040. The lowest BCUT2D eigenvalue weighted by Crippen LogP contribution is -2.38. The lowest BCUT2D eigenvalue weighted by Gasteiger charge is -2.13. The van der Waals surface area contributed by atoms with E-state index in [1.807, 2.05) is 32.0 Å². The van der Waals surface area contributed by atoms with E-state index >= 15 is 0 Å². The van der Waals surface area contributed by atoms with E-state index in [0.29, 0.717) is 36.6 Å². The number of methoxy groups -OCH3 is 2. The van der Waals surface area contributed by atoms with Crippen molar-refractivity contribution in [1.82, 2.24) is 10.7 Å². The minimum absolute atomic E-state index is 0.202. The first-order chi connectivity index (χ1) is 16.3. The highest BCUT2D eigenvalue weighted by Crippen LogP contribution is 2.27. The maximum atomic E-state index is 12.3. The largest absolute Gasteiger partial charge is 0.493 e. The molecule has 0 radical (unpaired) electrons. The maximum absolute atomic E-state index is 12.3. The lowest BCUT2D eigenvalue weighted by molar-refractivity contribution is -0.139. The third-order valence-corrected chi connectivity index (χ3v) is 4.82. The van der Waals surface area contributed by atoms with Gasteiger partial charge < -0.3 is 24.8 Å². The molecular weight excluding hydrogens is 440 g/mol. The molecule has 0 aliphatic carbocycles. The second kappa shape index (κ2) is 13.6. The van der Waals surface area contributed by atoms with Gasteiger partial charge in [-0.15, -0.1) is 0 Å². The Balaban J connectivity index is 1.88. The Hall–Kier alpha value is -3.92. The molecule has 0 heterocycles. The van der Waals surface area contributed by atoms with Crippen LogP contribution in [0.4, 0.5) is 5.69 Å². The first-order valence-electron chi connectivity index (χ1n) is 10.6. The normalized spacial score (nSPS) is 10.6. The highest BCUT2D eigenvalue weighted by atomic mass is 16.5. The van der Waals surface area contributed by atoms with E-state index in [0.717, 1.165) is 16.8 Å². The number of amides is 3. The highest BCUT2D eigenvalue weighted by molar-refractivity contribution is 6.35. The van der Waals surface area contributed by atoms with E-state index in [1.165, 1.54) is 13.3 Å². The van der Waals surface area contributed by atoms with Gasteiger partial charge in [0.2, 0.25) is 0 Å². The van der Waals surface area contributed by atoms with Crippen molar-refractivity contribution in [2.45, 2.75) is 20.3 Å². The van der Waals surface area contributed by atoms with Crippen LogP contribution in [-0.4, -0.2) is 57.9 Å². The summed E-state index contributed by atoms with van der Waals surface area (Å²) in [6, 6.07) is 10.6. The van der Waals surface area contributed by atoms with Gasteiger partial charge in [0.1, 0.15) is 0 Å². The minimum atomic E-state index is -0.879. The van der Waals surface area contributed by atoms with E-state index in [2.05, 4.69) is 21.2 Å². The molecule has 0 atom stereocenters. The van der Waals surface area contributed by atoms with Crippen LogP contribution in [0.2, 0.25) is 0 Å². The number of carbonyl (C=O) groups excluding carboxylic acids is 3. The van der Waals surface area contributed by atoms with Crippen LogP contribution in [0.15, 0.2) is 41.5 Å². The van der Waals surface area contributed by atoms with Crippen molar-refractivity contribution in [1.29, 1.82) is 0 Å². The van der Waals surface area contributed by atoms with Crippen LogP contribution in [0.25, 0.3) is 0 Å². The quantitative estimate of drug-likeness (QED) is 0.199. The van der Waals surface area contributed by atoms with E-state index < -0.39 is 11.8 Å². The lowest BCUT2D eigenvalue weighted by atomic mass is 10.1. The molecule has 0 fully saturated rings. The van der Waals surface area contributed by atoms with Gasteiger partial charge in [0.15, 0.2) is 18.1 Å². The Kier molecular flexibility index (Phi) is 10.5. The molecule has 2 rings (SSSR count). The first kappa shape index (κ1) is 26.3. The molecule has 34 heavy (non-hydrogen) atoms. The topological polar surface area (TPSA) is 127 Å². The number of aryl methyl sites for hydroxylation is 1. The summed E-state index contributed by atoms with van der Waals surface area (Å²) in [5, 5.41) is 9.07. The molecule has 0 bridgehead atoms. The van der Waals surface area contributed by atoms with Crippen molar-refractivity contribution in [2.24, 2.45) is 5.10 Å². The van der Waals surface area contributed by atoms with Crippen LogP contribution in [-0.2, 0) is 19.1 Å². The summed E-state index contributed by atoms with van der Waals surface area (Å²) in [4.78, 5) is 35.7. The Morgan fingerprint density at radius 1 is 1.03 bits per heavy atom. The molecule has 3 amide bonds. The molecule has 0 saturated carbocycles. The number of anilines is 1. The molecule has 0 spiro atoms. The molecule has 0 aliphatic rings. The van der Waals surface area contributed by atoms with Crippen molar-refractivity contribution in [2.75, 3.05) is 39.3 Å².